The molecule has 0 saturated heterocycles. The number of anilines is 1. The molecule has 0 unspecified atom stereocenters. The van der Waals surface area contributed by atoms with Gasteiger partial charge in [0.1, 0.15) is 12.0 Å². The molecule has 0 aliphatic carbocycles. The molecule has 0 spiro atoms. The minimum Gasteiger partial charge on any atom is -0.461 e. The predicted molar refractivity (Wildman–Crippen MR) is 61.9 cm³/mol. The van der Waals surface area contributed by atoms with Crippen molar-refractivity contribution >= 4 is 22.4 Å². The van der Waals surface area contributed by atoms with Crippen LogP contribution in [0.5, 0.6) is 0 Å². The van der Waals surface area contributed by atoms with Gasteiger partial charge in [-0.3, -0.25) is 0 Å². The van der Waals surface area contributed by atoms with E-state index in [2.05, 4.69) is 15.5 Å². The average Bonchev–Trinajstić information content (AvgIpc) is 2.98. The van der Waals surface area contributed by atoms with Crippen molar-refractivity contribution in [1.29, 1.82) is 0 Å². The SMILES string of the molecule is CCOC(=O)c1csc(NCc2ccon2)n1. The Morgan fingerprint density at radius 1 is 1.65 bits per heavy atom. The number of ether oxygens (including phenoxy) is 1. The minimum atomic E-state index is -0.404. The van der Waals surface area contributed by atoms with E-state index < -0.39 is 5.97 Å². The third-order valence-electron chi connectivity index (χ3n) is 1.90. The Morgan fingerprint density at radius 3 is 3.24 bits per heavy atom. The Labute approximate surface area is 102 Å². The van der Waals surface area contributed by atoms with Crippen LogP contribution >= 0.6 is 11.3 Å². The van der Waals surface area contributed by atoms with Gasteiger partial charge in [0.15, 0.2) is 10.8 Å². The maximum atomic E-state index is 11.4. The lowest BCUT2D eigenvalue weighted by Crippen LogP contribution is -2.05. The number of esters is 1. The summed E-state index contributed by atoms with van der Waals surface area (Å²) in [4.78, 5) is 15.5. The van der Waals surface area contributed by atoms with Gasteiger partial charge >= 0.3 is 5.97 Å². The predicted octanol–water partition coefficient (Wildman–Crippen LogP) is 1.92. The smallest absolute Gasteiger partial charge is 0.357 e. The average molecular weight is 253 g/mol. The van der Waals surface area contributed by atoms with Crippen molar-refractivity contribution in [2.45, 2.75) is 13.5 Å². The van der Waals surface area contributed by atoms with E-state index in [0.717, 1.165) is 5.69 Å². The highest BCUT2D eigenvalue weighted by atomic mass is 32.1. The van der Waals surface area contributed by atoms with Crippen molar-refractivity contribution in [3.63, 3.8) is 0 Å². The number of rotatable bonds is 5. The van der Waals surface area contributed by atoms with Crippen molar-refractivity contribution < 1.29 is 14.1 Å². The Morgan fingerprint density at radius 2 is 2.53 bits per heavy atom. The van der Waals surface area contributed by atoms with Gasteiger partial charge in [0, 0.05) is 11.4 Å². The molecule has 17 heavy (non-hydrogen) atoms. The van der Waals surface area contributed by atoms with E-state index in [-0.39, 0.29) is 0 Å². The van der Waals surface area contributed by atoms with Crippen molar-refractivity contribution in [1.82, 2.24) is 10.1 Å². The first-order valence-electron chi connectivity index (χ1n) is 5.05. The summed E-state index contributed by atoms with van der Waals surface area (Å²) in [5.41, 5.74) is 1.09. The highest BCUT2D eigenvalue weighted by Gasteiger charge is 2.11. The molecule has 2 aromatic rings. The van der Waals surface area contributed by atoms with Crippen LogP contribution in [0.3, 0.4) is 0 Å². The zero-order chi connectivity index (χ0) is 12.1. The first-order valence-corrected chi connectivity index (χ1v) is 5.93. The normalized spacial score (nSPS) is 10.2. The van der Waals surface area contributed by atoms with E-state index in [9.17, 15) is 4.79 Å². The molecule has 2 heterocycles. The fourth-order valence-corrected chi connectivity index (χ4v) is 1.83. The summed E-state index contributed by atoms with van der Waals surface area (Å²) in [6, 6.07) is 1.76. The molecular formula is C10H11N3O3S. The Bertz CT molecular complexity index is 481. The maximum Gasteiger partial charge on any atom is 0.357 e. The number of hydrogen-bond acceptors (Lipinski definition) is 7. The molecule has 90 valence electrons. The molecule has 7 heteroatoms. The van der Waals surface area contributed by atoms with Crippen molar-refractivity contribution in [2.75, 3.05) is 11.9 Å². The number of carbonyl (C=O) groups is 1. The summed E-state index contributed by atoms with van der Waals surface area (Å²) in [6.45, 7) is 2.61. The van der Waals surface area contributed by atoms with Crippen LogP contribution < -0.4 is 5.32 Å². The van der Waals surface area contributed by atoms with Gasteiger partial charge in [-0.1, -0.05) is 5.16 Å². The maximum absolute atomic E-state index is 11.4. The van der Waals surface area contributed by atoms with Gasteiger partial charge in [0.05, 0.1) is 13.2 Å². The first-order chi connectivity index (χ1) is 8.29. The largest absolute Gasteiger partial charge is 0.461 e. The number of nitrogens with one attached hydrogen (secondary N) is 1. The van der Waals surface area contributed by atoms with Crippen LogP contribution in [0, 0.1) is 0 Å². The second-order valence-corrected chi connectivity index (χ2v) is 3.96. The molecule has 0 amide bonds. The van der Waals surface area contributed by atoms with Crippen LogP contribution in [0.4, 0.5) is 5.13 Å². The van der Waals surface area contributed by atoms with Crippen LogP contribution in [0.25, 0.3) is 0 Å². The summed E-state index contributed by atoms with van der Waals surface area (Å²) in [6.07, 6.45) is 1.50. The van der Waals surface area contributed by atoms with E-state index in [4.69, 9.17) is 9.26 Å². The lowest BCUT2D eigenvalue weighted by atomic mass is 10.4. The Kier molecular flexibility index (Phi) is 3.71. The van der Waals surface area contributed by atoms with E-state index in [1.54, 1.807) is 18.4 Å². The number of aromatic nitrogens is 2. The highest BCUT2D eigenvalue weighted by molar-refractivity contribution is 7.13. The Balaban J connectivity index is 1.92. The molecule has 0 saturated carbocycles. The number of hydrogen-bond donors (Lipinski definition) is 1. The molecule has 1 N–H and O–H groups in total. The van der Waals surface area contributed by atoms with Gasteiger partial charge in [-0.25, -0.2) is 9.78 Å². The number of carbonyl (C=O) groups excluding carboxylic acids is 1. The van der Waals surface area contributed by atoms with Crippen LogP contribution in [0.1, 0.15) is 23.1 Å². The first kappa shape index (κ1) is 11.6. The molecular weight excluding hydrogens is 242 g/mol. The number of nitrogens with zero attached hydrogens (tertiary/aromatic N) is 2. The van der Waals surface area contributed by atoms with E-state index in [0.29, 0.717) is 24.0 Å². The minimum absolute atomic E-state index is 0.319. The molecule has 0 aromatic carbocycles. The van der Waals surface area contributed by atoms with Gasteiger partial charge in [0.2, 0.25) is 0 Å². The molecule has 6 nitrogen and oxygen atoms in total. The molecule has 0 fully saturated rings. The van der Waals surface area contributed by atoms with Crippen molar-refractivity contribution in [3.05, 3.63) is 29.1 Å². The highest BCUT2D eigenvalue weighted by Crippen LogP contribution is 2.16. The summed E-state index contributed by atoms with van der Waals surface area (Å²) < 4.78 is 9.54. The van der Waals surface area contributed by atoms with Crippen molar-refractivity contribution in [3.8, 4) is 0 Å². The van der Waals surface area contributed by atoms with E-state index in [1.807, 2.05) is 0 Å². The van der Waals surface area contributed by atoms with Gasteiger partial charge in [0.25, 0.3) is 0 Å². The van der Waals surface area contributed by atoms with Crippen LogP contribution in [0.2, 0.25) is 0 Å². The Hall–Kier alpha value is -1.89. The monoisotopic (exact) mass is 253 g/mol. The van der Waals surface area contributed by atoms with Crippen LogP contribution in [0.15, 0.2) is 22.2 Å². The van der Waals surface area contributed by atoms with E-state index >= 15 is 0 Å². The molecule has 0 radical (unpaired) electrons. The van der Waals surface area contributed by atoms with Crippen molar-refractivity contribution in [2.24, 2.45) is 0 Å². The molecule has 0 atom stereocenters. The van der Waals surface area contributed by atoms with Crippen LogP contribution in [-0.2, 0) is 11.3 Å². The fourth-order valence-electron chi connectivity index (χ4n) is 1.15. The zero-order valence-corrected chi connectivity index (χ0v) is 9.99. The van der Waals surface area contributed by atoms with Gasteiger partial charge < -0.3 is 14.6 Å². The molecule has 0 aliphatic heterocycles. The summed E-state index contributed by atoms with van der Waals surface area (Å²) in [5.74, 6) is -0.404. The summed E-state index contributed by atoms with van der Waals surface area (Å²) >= 11 is 1.34. The van der Waals surface area contributed by atoms with Gasteiger partial charge in [-0.15, -0.1) is 11.3 Å². The lowest BCUT2D eigenvalue weighted by molar-refractivity contribution is 0.0520. The quantitative estimate of drug-likeness (QED) is 0.820. The second kappa shape index (κ2) is 5.44. The zero-order valence-electron chi connectivity index (χ0n) is 9.17. The second-order valence-electron chi connectivity index (χ2n) is 3.10. The standard InChI is InChI=1S/C10H11N3O3S/c1-2-15-9(14)8-6-17-10(12-8)11-5-7-3-4-16-13-7/h3-4,6H,2,5H2,1H3,(H,11,12). The molecule has 2 aromatic heterocycles. The molecule has 0 aliphatic rings. The topological polar surface area (TPSA) is 77.2 Å². The molecule has 2 rings (SSSR count). The van der Waals surface area contributed by atoms with E-state index in [1.165, 1.54) is 17.6 Å². The summed E-state index contributed by atoms with van der Waals surface area (Å²) in [5, 5.41) is 9.10. The fraction of sp³-hybridized carbons (Fsp3) is 0.300. The molecule has 0 bridgehead atoms. The van der Waals surface area contributed by atoms with Gasteiger partial charge in [-0.05, 0) is 6.92 Å². The number of thiazole rings is 1. The van der Waals surface area contributed by atoms with Crippen LogP contribution in [-0.4, -0.2) is 22.7 Å². The summed E-state index contributed by atoms with van der Waals surface area (Å²) in [7, 11) is 0. The lowest BCUT2D eigenvalue weighted by Gasteiger charge is -1.98. The third-order valence-corrected chi connectivity index (χ3v) is 2.70. The third kappa shape index (κ3) is 3.04. The van der Waals surface area contributed by atoms with Gasteiger partial charge in [-0.2, -0.15) is 0 Å².